The number of rotatable bonds is 5. The molecule has 0 aliphatic carbocycles. The fourth-order valence-corrected chi connectivity index (χ4v) is 1.27. The molecule has 0 atom stereocenters. The standard InChI is InChI=1S/C11H12N2O4/c12-11(15)9-5-8(3-1-2-4-14)6-10(7-9)13(16)17/h1,3,5-7,14H,2,4H2,(H2,12,15). The zero-order valence-corrected chi connectivity index (χ0v) is 9.00. The van der Waals surface area contributed by atoms with E-state index in [4.69, 9.17) is 10.8 Å². The molecule has 0 heterocycles. The van der Waals surface area contributed by atoms with Gasteiger partial charge in [-0.1, -0.05) is 12.2 Å². The Morgan fingerprint density at radius 1 is 1.47 bits per heavy atom. The highest BCUT2D eigenvalue weighted by Crippen LogP contribution is 2.18. The number of hydrogen-bond donors (Lipinski definition) is 2. The number of nitro benzene ring substituents is 1. The van der Waals surface area contributed by atoms with Crippen molar-refractivity contribution in [3.8, 4) is 0 Å². The number of carbonyl (C=O) groups excluding carboxylic acids is 1. The monoisotopic (exact) mass is 236 g/mol. The normalized spacial score (nSPS) is 10.6. The van der Waals surface area contributed by atoms with Crippen LogP contribution in [0, 0.1) is 10.1 Å². The number of aliphatic hydroxyl groups is 1. The van der Waals surface area contributed by atoms with E-state index in [0.29, 0.717) is 12.0 Å². The molecule has 0 radical (unpaired) electrons. The zero-order valence-electron chi connectivity index (χ0n) is 9.00. The molecule has 0 saturated heterocycles. The summed E-state index contributed by atoms with van der Waals surface area (Å²) in [6, 6.07) is 3.93. The van der Waals surface area contributed by atoms with Crippen LogP contribution >= 0.6 is 0 Å². The molecule has 0 spiro atoms. The summed E-state index contributed by atoms with van der Waals surface area (Å²) in [5, 5.41) is 19.2. The Bertz CT molecular complexity index is 436. The summed E-state index contributed by atoms with van der Waals surface area (Å²) >= 11 is 0. The molecule has 90 valence electrons. The SMILES string of the molecule is NC(=O)c1cc(C=CCCO)cc([N+](=O)[O-])c1. The van der Waals surface area contributed by atoms with Gasteiger partial charge in [0.15, 0.2) is 0 Å². The quantitative estimate of drug-likeness (QED) is 0.589. The minimum Gasteiger partial charge on any atom is -0.396 e. The second kappa shape index (κ2) is 5.76. The Morgan fingerprint density at radius 2 is 2.18 bits per heavy atom. The Hall–Kier alpha value is -2.21. The lowest BCUT2D eigenvalue weighted by atomic mass is 10.1. The first-order chi connectivity index (χ1) is 8.04. The summed E-state index contributed by atoms with van der Waals surface area (Å²) in [6.45, 7) is -0.00585. The van der Waals surface area contributed by atoms with E-state index in [2.05, 4.69) is 0 Å². The summed E-state index contributed by atoms with van der Waals surface area (Å²) in [7, 11) is 0. The average molecular weight is 236 g/mol. The fourth-order valence-electron chi connectivity index (χ4n) is 1.27. The minimum absolute atomic E-state index is 0.00585. The fraction of sp³-hybridized carbons (Fsp3) is 0.182. The van der Waals surface area contributed by atoms with Gasteiger partial charge in [0.25, 0.3) is 5.69 Å². The van der Waals surface area contributed by atoms with E-state index in [-0.39, 0.29) is 17.9 Å². The van der Waals surface area contributed by atoms with Crippen LogP contribution in [0.15, 0.2) is 24.3 Å². The van der Waals surface area contributed by atoms with Gasteiger partial charge in [-0.05, 0) is 18.1 Å². The Kier molecular flexibility index (Phi) is 4.36. The minimum atomic E-state index is -0.717. The number of non-ortho nitro benzene ring substituents is 1. The molecular weight excluding hydrogens is 224 g/mol. The summed E-state index contributed by atoms with van der Waals surface area (Å²) in [5.74, 6) is -0.717. The number of primary amides is 1. The van der Waals surface area contributed by atoms with Crippen LogP contribution in [0.4, 0.5) is 5.69 Å². The number of nitrogens with zero attached hydrogens (tertiary/aromatic N) is 1. The average Bonchev–Trinajstić information content (AvgIpc) is 2.29. The smallest absolute Gasteiger partial charge is 0.270 e. The maximum absolute atomic E-state index is 11.0. The lowest BCUT2D eigenvalue weighted by Gasteiger charge is -1.99. The van der Waals surface area contributed by atoms with Gasteiger partial charge in [-0.15, -0.1) is 0 Å². The number of carbonyl (C=O) groups is 1. The molecule has 1 aromatic rings. The van der Waals surface area contributed by atoms with Gasteiger partial charge in [-0.2, -0.15) is 0 Å². The molecule has 0 saturated carbocycles. The van der Waals surface area contributed by atoms with Crippen molar-refractivity contribution in [2.75, 3.05) is 6.61 Å². The lowest BCUT2D eigenvalue weighted by molar-refractivity contribution is -0.384. The molecule has 17 heavy (non-hydrogen) atoms. The molecule has 0 aromatic heterocycles. The van der Waals surface area contributed by atoms with Gasteiger partial charge in [0, 0.05) is 24.3 Å². The number of amides is 1. The van der Waals surface area contributed by atoms with Crippen LogP contribution in [0.3, 0.4) is 0 Å². The van der Waals surface area contributed by atoms with Crippen molar-refractivity contribution in [2.24, 2.45) is 5.73 Å². The number of benzene rings is 1. The van der Waals surface area contributed by atoms with Crippen LogP contribution in [0.1, 0.15) is 22.3 Å². The van der Waals surface area contributed by atoms with Crippen LogP contribution in [0.25, 0.3) is 6.08 Å². The van der Waals surface area contributed by atoms with Crippen molar-refractivity contribution < 1.29 is 14.8 Å². The van der Waals surface area contributed by atoms with Gasteiger partial charge < -0.3 is 10.8 Å². The van der Waals surface area contributed by atoms with E-state index in [1.807, 2.05) is 0 Å². The molecule has 3 N–H and O–H groups in total. The predicted molar refractivity (Wildman–Crippen MR) is 62.4 cm³/mol. The van der Waals surface area contributed by atoms with Crippen molar-refractivity contribution >= 4 is 17.7 Å². The second-order valence-electron chi connectivity index (χ2n) is 3.35. The van der Waals surface area contributed by atoms with E-state index in [0.717, 1.165) is 6.07 Å². The molecule has 1 rings (SSSR count). The Labute approximate surface area is 97.5 Å². The maximum Gasteiger partial charge on any atom is 0.270 e. The van der Waals surface area contributed by atoms with Gasteiger partial charge in [0.05, 0.1) is 4.92 Å². The van der Waals surface area contributed by atoms with Crippen molar-refractivity contribution in [3.63, 3.8) is 0 Å². The van der Waals surface area contributed by atoms with Gasteiger partial charge >= 0.3 is 0 Å². The van der Waals surface area contributed by atoms with Gasteiger partial charge in [0.2, 0.25) is 5.91 Å². The zero-order chi connectivity index (χ0) is 12.8. The number of hydrogen-bond acceptors (Lipinski definition) is 4. The highest BCUT2D eigenvalue weighted by atomic mass is 16.6. The third kappa shape index (κ3) is 3.69. The molecule has 1 amide bonds. The van der Waals surface area contributed by atoms with E-state index >= 15 is 0 Å². The van der Waals surface area contributed by atoms with Crippen LogP contribution in [-0.2, 0) is 0 Å². The summed E-state index contributed by atoms with van der Waals surface area (Å²) in [6.07, 6.45) is 3.69. The third-order valence-corrected chi connectivity index (χ3v) is 2.04. The number of nitro groups is 1. The highest BCUT2D eigenvalue weighted by molar-refractivity contribution is 5.94. The summed E-state index contributed by atoms with van der Waals surface area (Å²) in [4.78, 5) is 21.1. The topological polar surface area (TPSA) is 106 Å². The second-order valence-corrected chi connectivity index (χ2v) is 3.35. The first-order valence-corrected chi connectivity index (χ1v) is 4.91. The summed E-state index contributed by atoms with van der Waals surface area (Å²) in [5.41, 5.74) is 5.48. The van der Waals surface area contributed by atoms with E-state index in [1.54, 1.807) is 12.2 Å². The first kappa shape index (κ1) is 12.9. The third-order valence-electron chi connectivity index (χ3n) is 2.04. The van der Waals surface area contributed by atoms with Crippen molar-refractivity contribution in [3.05, 3.63) is 45.5 Å². The molecule has 1 aromatic carbocycles. The van der Waals surface area contributed by atoms with Crippen molar-refractivity contribution in [1.82, 2.24) is 0 Å². The lowest BCUT2D eigenvalue weighted by Crippen LogP contribution is -2.11. The molecular formula is C11H12N2O4. The largest absolute Gasteiger partial charge is 0.396 e. The highest BCUT2D eigenvalue weighted by Gasteiger charge is 2.11. The van der Waals surface area contributed by atoms with Gasteiger partial charge in [-0.3, -0.25) is 14.9 Å². The van der Waals surface area contributed by atoms with E-state index in [9.17, 15) is 14.9 Å². The van der Waals surface area contributed by atoms with Gasteiger partial charge in [-0.25, -0.2) is 0 Å². The Morgan fingerprint density at radius 3 is 2.71 bits per heavy atom. The van der Waals surface area contributed by atoms with Crippen molar-refractivity contribution in [1.29, 1.82) is 0 Å². The molecule has 0 fully saturated rings. The molecule has 0 aliphatic rings. The Balaban J connectivity index is 3.12. The molecule has 0 bridgehead atoms. The molecule has 0 unspecified atom stereocenters. The van der Waals surface area contributed by atoms with E-state index < -0.39 is 10.8 Å². The van der Waals surface area contributed by atoms with Gasteiger partial charge in [0.1, 0.15) is 0 Å². The maximum atomic E-state index is 11.0. The van der Waals surface area contributed by atoms with Crippen molar-refractivity contribution in [2.45, 2.75) is 6.42 Å². The van der Waals surface area contributed by atoms with Crippen LogP contribution in [0.5, 0.6) is 0 Å². The van der Waals surface area contributed by atoms with Crippen LogP contribution < -0.4 is 5.73 Å². The predicted octanol–water partition coefficient (Wildman–Crippen LogP) is 1.09. The van der Waals surface area contributed by atoms with Crippen LogP contribution in [0.2, 0.25) is 0 Å². The first-order valence-electron chi connectivity index (χ1n) is 4.91. The van der Waals surface area contributed by atoms with Crippen LogP contribution in [-0.4, -0.2) is 22.5 Å². The number of aliphatic hydroxyl groups excluding tert-OH is 1. The molecule has 6 nitrogen and oxygen atoms in total. The molecule has 0 aliphatic heterocycles. The summed E-state index contributed by atoms with van der Waals surface area (Å²) < 4.78 is 0. The molecule has 6 heteroatoms. The van der Waals surface area contributed by atoms with E-state index in [1.165, 1.54) is 12.1 Å². The number of nitrogens with two attached hydrogens (primary N) is 1.